The van der Waals surface area contributed by atoms with Gasteiger partial charge in [-0.25, -0.2) is 13.2 Å². The summed E-state index contributed by atoms with van der Waals surface area (Å²) in [6.07, 6.45) is 3.58. The molecule has 0 saturated heterocycles. The Labute approximate surface area is 122 Å². The topological polar surface area (TPSA) is 0 Å². The van der Waals surface area contributed by atoms with Gasteiger partial charge in [0.05, 0.1) is 0 Å². The molecule has 110 valence electrons. The van der Waals surface area contributed by atoms with Crippen LogP contribution in [0.3, 0.4) is 0 Å². The van der Waals surface area contributed by atoms with Crippen LogP contribution < -0.4 is 0 Å². The second kappa shape index (κ2) is 5.55. The summed E-state index contributed by atoms with van der Waals surface area (Å²) in [6.45, 7) is 2.14. The zero-order chi connectivity index (χ0) is 15.0. The minimum atomic E-state index is -0.987. The summed E-state index contributed by atoms with van der Waals surface area (Å²) >= 11 is 0. The molecule has 0 fully saturated rings. The Hall–Kier alpha value is -1.77. The van der Waals surface area contributed by atoms with Crippen molar-refractivity contribution in [2.45, 2.75) is 32.6 Å². The van der Waals surface area contributed by atoms with Crippen LogP contribution in [0.15, 0.2) is 30.3 Å². The number of benzene rings is 2. The van der Waals surface area contributed by atoms with E-state index in [-0.39, 0.29) is 11.1 Å². The molecular formula is C18H17F3. The van der Waals surface area contributed by atoms with Gasteiger partial charge in [0, 0.05) is 11.1 Å². The van der Waals surface area contributed by atoms with E-state index in [1.165, 1.54) is 12.1 Å². The molecule has 0 amide bonds. The predicted octanol–water partition coefficient (Wildman–Crippen LogP) is 5.29. The van der Waals surface area contributed by atoms with Crippen LogP contribution >= 0.6 is 0 Å². The van der Waals surface area contributed by atoms with Gasteiger partial charge in [0.2, 0.25) is 0 Å². The molecule has 0 aliphatic heterocycles. The third kappa shape index (κ3) is 2.45. The minimum Gasteiger partial charge on any atom is -0.206 e. The summed E-state index contributed by atoms with van der Waals surface area (Å²) in [4.78, 5) is 0. The Morgan fingerprint density at radius 1 is 1.00 bits per heavy atom. The van der Waals surface area contributed by atoms with Crippen LogP contribution in [0.5, 0.6) is 0 Å². The van der Waals surface area contributed by atoms with Crippen molar-refractivity contribution in [2.24, 2.45) is 5.92 Å². The fraction of sp³-hybridized carbons (Fsp3) is 0.333. The first-order chi connectivity index (χ1) is 10.1. The van der Waals surface area contributed by atoms with Gasteiger partial charge in [-0.15, -0.1) is 0 Å². The van der Waals surface area contributed by atoms with Crippen molar-refractivity contribution < 1.29 is 13.2 Å². The van der Waals surface area contributed by atoms with Crippen molar-refractivity contribution in [3.63, 3.8) is 0 Å². The lowest BCUT2D eigenvalue weighted by molar-refractivity contribution is 0.434. The highest BCUT2D eigenvalue weighted by Crippen LogP contribution is 2.35. The molecule has 1 unspecified atom stereocenters. The van der Waals surface area contributed by atoms with Gasteiger partial charge >= 0.3 is 0 Å². The number of halogens is 3. The van der Waals surface area contributed by atoms with Gasteiger partial charge in [0.25, 0.3) is 0 Å². The maximum absolute atomic E-state index is 14.7. The summed E-state index contributed by atoms with van der Waals surface area (Å²) in [7, 11) is 0. The molecule has 0 radical (unpaired) electrons. The van der Waals surface area contributed by atoms with Crippen molar-refractivity contribution in [1.29, 1.82) is 0 Å². The number of hydrogen-bond donors (Lipinski definition) is 0. The van der Waals surface area contributed by atoms with Crippen molar-refractivity contribution in [3.8, 4) is 11.1 Å². The molecule has 0 bridgehead atoms. The van der Waals surface area contributed by atoms with Crippen LogP contribution in [0.25, 0.3) is 11.1 Å². The average Bonchev–Trinajstić information content (AvgIpc) is 2.50. The summed E-state index contributed by atoms with van der Waals surface area (Å²) < 4.78 is 41.9. The first-order valence-electron chi connectivity index (χ1n) is 7.36. The van der Waals surface area contributed by atoms with Crippen LogP contribution in [0.4, 0.5) is 13.2 Å². The molecular weight excluding hydrogens is 273 g/mol. The largest absolute Gasteiger partial charge is 0.206 e. The third-order valence-electron chi connectivity index (χ3n) is 4.47. The Kier molecular flexibility index (Phi) is 3.75. The SMILES string of the molecule is CCC1CCc2c(ccc(-c3cccc(F)c3F)c2F)C1. The highest BCUT2D eigenvalue weighted by atomic mass is 19.2. The smallest absolute Gasteiger partial charge is 0.166 e. The molecule has 1 atom stereocenters. The van der Waals surface area contributed by atoms with E-state index in [4.69, 9.17) is 0 Å². The lowest BCUT2D eigenvalue weighted by Gasteiger charge is -2.25. The summed E-state index contributed by atoms with van der Waals surface area (Å²) in [5.41, 5.74) is 1.82. The summed E-state index contributed by atoms with van der Waals surface area (Å²) in [5.74, 6) is -1.74. The summed E-state index contributed by atoms with van der Waals surface area (Å²) in [5, 5.41) is 0. The zero-order valence-corrected chi connectivity index (χ0v) is 11.9. The first-order valence-corrected chi connectivity index (χ1v) is 7.36. The van der Waals surface area contributed by atoms with Crippen LogP contribution in [-0.2, 0) is 12.8 Å². The number of rotatable bonds is 2. The molecule has 0 spiro atoms. The molecule has 2 aromatic rings. The Morgan fingerprint density at radius 2 is 1.76 bits per heavy atom. The number of hydrogen-bond acceptors (Lipinski definition) is 0. The zero-order valence-electron chi connectivity index (χ0n) is 11.9. The molecule has 0 nitrogen and oxygen atoms in total. The quantitative estimate of drug-likeness (QED) is 0.705. The van der Waals surface area contributed by atoms with Crippen LogP contribution in [0.2, 0.25) is 0 Å². The molecule has 0 aromatic heterocycles. The van der Waals surface area contributed by atoms with Gasteiger partial charge in [0.15, 0.2) is 11.6 Å². The van der Waals surface area contributed by atoms with Crippen molar-refractivity contribution in [1.82, 2.24) is 0 Å². The van der Waals surface area contributed by atoms with Gasteiger partial charge in [0.1, 0.15) is 5.82 Å². The van der Waals surface area contributed by atoms with E-state index in [2.05, 4.69) is 6.92 Å². The highest BCUT2D eigenvalue weighted by Gasteiger charge is 2.23. The monoisotopic (exact) mass is 290 g/mol. The molecule has 21 heavy (non-hydrogen) atoms. The fourth-order valence-corrected chi connectivity index (χ4v) is 3.15. The maximum Gasteiger partial charge on any atom is 0.166 e. The molecule has 3 rings (SSSR count). The Balaban J connectivity index is 2.08. The van der Waals surface area contributed by atoms with Gasteiger partial charge in [-0.3, -0.25) is 0 Å². The normalized spacial score (nSPS) is 17.6. The molecule has 2 aromatic carbocycles. The lowest BCUT2D eigenvalue weighted by Crippen LogP contribution is -2.15. The maximum atomic E-state index is 14.7. The summed E-state index contributed by atoms with van der Waals surface area (Å²) in [6, 6.07) is 7.30. The van der Waals surface area contributed by atoms with E-state index in [0.29, 0.717) is 17.9 Å². The molecule has 0 heterocycles. The number of fused-ring (bicyclic) bond motifs is 1. The van der Waals surface area contributed by atoms with E-state index < -0.39 is 17.5 Å². The second-order valence-electron chi connectivity index (χ2n) is 5.68. The second-order valence-corrected chi connectivity index (χ2v) is 5.68. The van der Waals surface area contributed by atoms with E-state index >= 15 is 0 Å². The van der Waals surface area contributed by atoms with Crippen LogP contribution in [0.1, 0.15) is 30.9 Å². The van der Waals surface area contributed by atoms with Gasteiger partial charge in [-0.05, 0) is 42.4 Å². The van der Waals surface area contributed by atoms with E-state index in [0.717, 1.165) is 30.9 Å². The van der Waals surface area contributed by atoms with Crippen LogP contribution in [-0.4, -0.2) is 0 Å². The standard InChI is InChI=1S/C18H17F3/c1-2-11-6-8-13-12(10-11)7-9-15(17(13)20)14-4-3-5-16(19)18(14)21/h3-5,7,9,11H,2,6,8,10H2,1H3. The first kappa shape index (κ1) is 14.2. The van der Waals surface area contributed by atoms with Gasteiger partial charge < -0.3 is 0 Å². The van der Waals surface area contributed by atoms with Crippen LogP contribution in [0, 0.1) is 23.4 Å². The fourth-order valence-electron chi connectivity index (χ4n) is 3.15. The average molecular weight is 290 g/mol. The van der Waals surface area contributed by atoms with E-state index in [1.807, 2.05) is 6.07 Å². The Bertz CT molecular complexity index is 676. The van der Waals surface area contributed by atoms with Gasteiger partial charge in [-0.1, -0.05) is 37.6 Å². The Morgan fingerprint density at radius 3 is 2.52 bits per heavy atom. The molecule has 0 saturated carbocycles. The van der Waals surface area contributed by atoms with Gasteiger partial charge in [-0.2, -0.15) is 0 Å². The highest BCUT2D eigenvalue weighted by molar-refractivity contribution is 5.67. The van der Waals surface area contributed by atoms with Crippen molar-refractivity contribution in [2.75, 3.05) is 0 Å². The third-order valence-corrected chi connectivity index (χ3v) is 4.47. The molecule has 3 heteroatoms. The van der Waals surface area contributed by atoms with Crippen molar-refractivity contribution >= 4 is 0 Å². The predicted molar refractivity (Wildman–Crippen MR) is 77.6 cm³/mol. The van der Waals surface area contributed by atoms with E-state index in [9.17, 15) is 13.2 Å². The molecule has 1 aliphatic carbocycles. The molecule has 0 N–H and O–H groups in total. The van der Waals surface area contributed by atoms with Crippen molar-refractivity contribution in [3.05, 3.63) is 58.9 Å². The molecule has 1 aliphatic rings. The minimum absolute atomic E-state index is 0.00656. The van der Waals surface area contributed by atoms with E-state index in [1.54, 1.807) is 6.07 Å². The lowest BCUT2D eigenvalue weighted by atomic mass is 9.81.